The van der Waals surface area contributed by atoms with E-state index in [2.05, 4.69) is 22.2 Å². The van der Waals surface area contributed by atoms with Gasteiger partial charge in [-0.25, -0.2) is 9.97 Å². The number of anilines is 1. The summed E-state index contributed by atoms with van der Waals surface area (Å²) in [6, 6.07) is 2.67. The number of nitrogens with one attached hydrogen (secondary N) is 1. The Morgan fingerprint density at radius 3 is 2.87 bits per heavy atom. The molecule has 1 aromatic rings. The van der Waals surface area contributed by atoms with Crippen LogP contribution in [0.3, 0.4) is 0 Å². The Hall–Kier alpha value is -1.12. The summed E-state index contributed by atoms with van der Waals surface area (Å²) in [5.41, 5.74) is 1.04. The van der Waals surface area contributed by atoms with E-state index in [-0.39, 0.29) is 0 Å². The lowest BCUT2D eigenvalue weighted by atomic mass is 10.2. The molecule has 1 aromatic heterocycles. The summed E-state index contributed by atoms with van der Waals surface area (Å²) in [5.74, 6) is 2.71. The van der Waals surface area contributed by atoms with Crippen molar-refractivity contribution in [1.82, 2.24) is 9.97 Å². The van der Waals surface area contributed by atoms with Gasteiger partial charge in [0.1, 0.15) is 11.6 Å². The van der Waals surface area contributed by atoms with Crippen LogP contribution in [0.5, 0.6) is 0 Å². The molecule has 2 atom stereocenters. The smallest absolute Gasteiger partial charge is 0.130 e. The van der Waals surface area contributed by atoms with Crippen molar-refractivity contribution in [2.24, 2.45) is 5.92 Å². The topological polar surface area (TPSA) is 37.8 Å². The normalized spacial score (nSPS) is 23.9. The van der Waals surface area contributed by atoms with Crippen LogP contribution in [0.1, 0.15) is 37.7 Å². The maximum Gasteiger partial charge on any atom is 0.130 e. The van der Waals surface area contributed by atoms with E-state index in [0.29, 0.717) is 6.04 Å². The van der Waals surface area contributed by atoms with Crippen molar-refractivity contribution >= 4 is 5.82 Å². The quantitative estimate of drug-likeness (QED) is 0.821. The van der Waals surface area contributed by atoms with E-state index in [1.807, 2.05) is 19.9 Å². The molecule has 0 saturated heterocycles. The summed E-state index contributed by atoms with van der Waals surface area (Å²) in [7, 11) is 0. The summed E-state index contributed by atoms with van der Waals surface area (Å²) in [4.78, 5) is 8.65. The van der Waals surface area contributed by atoms with Crippen molar-refractivity contribution in [2.45, 2.75) is 46.1 Å². The Balaban J connectivity index is 1.94. The first kappa shape index (κ1) is 10.4. The van der Waals surface area contributed by atoms with Gasteiger partial charge in [-0.15, -0.1) is 0 Å². The highest BCUT2D eigenvalue weighted by Crippen LogP contribution is 2.36. The zero-order valence-electron chi connectivity index (χ0n) is 9.75. The average molecular weight is 205 g/mol. The molecule has 0 bridgehead atoms. The van der Waals surface area contributed by atoms with Crippen LogP contribution in [0.15, 0.2) is 6.07 Å². The van der Waals surface area contributed by atoms with Gasteiger partial charge in [0.05, 0.1) is 0 Å². The lowest BCUT2D eigenvalue weighted by Crippen LogP contribution is -2.07. The highest BCUT2D eigenvalue weighted by atomic mass is 15.1. The van der Waals surface area contributed by atoms with Gasteiger partial charge in [-0.2, -0.15) is 0 Å². The summed E-state index contributed by atoms with van der Waals surface area (Å²) < 4.78 is 0. The van der Waals surface area contributed by atoms with E-state index >= 15 is 0 Å². The lowest BCUT2D eigenvalue weighted by Gasteiger charge is -2.06. The van der Waals surface area contributed by atoms with Gasteiger partial charge in [-0.3, -0.25) is 0 Å². The van der Waals surface area contributed by atoms with Crippen LogP contribution in [-0.2, 0) is 0 Å². The zero-order chi connectivity index (χ0) is 10.8. The molecule has 1 saturated carbocycles. The molecule has 1 fully saturated rings. The minimum atomic E-state index is 0.652. The molecule has 0 spiro atoms. The summed E-state index contributed by atoms with van der Waals surface area (Å²) in [6.45, 7) is 6.19. The van der Waals surface area contributed by atoms with Gasteiger partial charge in [-0.05, 0) is 32.6 Å². The number of nitrogens with zero attached hydrogens (tertiary/aromatic N) is 2. The second kappa shape index (κ2) is 4.17. The van der Waals surface area contributed by atoms with E-state index in [1.165, 1.54) is 19.3 Å². The van der Waals surface area contributed by atoms with Crippen molar-refractivity contribution in [3.8, 4) is 0 Å². The number of aromatic nitrogens is 2. The van der Waals surface area contributed by atoms with Crippen LogP contribution in [0.2, 0.25) is 0 Å². The Morgan fingerprint density at radius 2 is 2.20 bits per heavy atom. The van der Waals surface area contributed by atoms with Crippen molar-refractivity contribution in [3.63, 3.8) is 0 Å². The van der Waals surface area contributed by atoms with E-state index in [1.54, 1.807) is 0 Å². The van der Waals surface area contributed by atoms with Crippen molar-refractivity contribution < 1.29 is 0 Å². The first-order chi connectivity index (χ1) is 7.19. The minimum absolute atomic E-state index is 0.652. The first-order valence-electron chi connectivity index (χ1n) is 5.78. The van der Waals surface area contributed by atoms with Crippen LogP contribution in [0, 0.1) is 19.8 Å². The largest absolute Gasteiger partial charge is 0.367 e. The molecule has 82 valence electrons. The molecular weight excluding hydrogens is 186 g/mol. The monoisotopic (exact) mass is 205 g/mol. The van der Waals surface area contributed by atoms with Crippen LogP contribution in [0.25, 0.3) is 0 Å². The third-order valence-electron chi connectivity index (χ3n) is 2.88. The lowest BCUT2D eigenvalue weighted by molar-refractivity contribution is 0.692. The molecule has 0 amide bonds. The van der Waals surface area contributed by atoms with Crippen LogP contribution >= 0.6 is 0 Å². The molecule has 3 nitrogen and oxygen atoms in total. The molecule has 0 radical (unpaired) electrons. The van der Waals surface area contributed by atoms with Crippen LogP contribution in [0.4, 0.5) is 5.82 Å². The summed E-state index contributed by atoms with van der Waals surface area (Å²) in [5, 5.41) is 3.48. The van der Waals surface area contributed by atoms with Gasteiger partial charge in [-0.1, -0.05) is 13.3 Å². The molecule has 2 rings (SSSR count). The molecule has 1 aliphatic carbocycles. The maximum absolute atomic E-state index is 4.39. The number of rotatable bonds is 4. The van der Waals surface area contributed by atoms with Crippen molar-refractivity contribution in [2.75, 3.05) is 5.32 Å². The van der Waals surface area contributed by atoms with Gasteiger partial charge in [0, 0.05) is 17.8 Å². The molecule has 3 heteroatoms. The third-order valence-corrected chi connectivity index (χ3v) is 2.88. The second-order valence-electron chi connectivity index (χ2n) is 4.48. The summed E-state index contributed by atoms with van der Waals surface area (Å²) in [6.07, 6.45) is 3.92. The van der Waals surface area contributed by atoms with Gasteiger partial charge in [0.15, 0.2) is 0 Å². The predicted octanol–water partition coefficient (Wildman–Crippen LogP) is 2.69. The first-order valence-corrected chi connectivity index (χ1v) is 5.78. The molecule has 0 aromatic carbocycles. The maximum atomic E-state index is 4.39. The van der Waals surface area contributed by atoms with Gasteiger partial charge < -0.3 is 5.32 Å². The average Bonchev–Trinajstić information content (AvgIpc) is 2.82. The number of hydrogen-bond acceptors (Lipinski definition) is 3. The zero-order valence-corrected chi connectivity index (χ0v) is 9.75. The highest BCUT2D eigenvalue weighted by molar-refractivity contribution is 5.38. The fourth-order valence-corrected chi connectivity index (χ4v) is 2.10. The minimum Gasteiger partial charge on any atom is -0.367 e. The molecular formula is C12H19N3. The SMILES string of the molecule is CCCC1CC1Nc1cc(C)nc(C)n1. The standard InChI is InChI=1S/C12H19N3/c1-4-5-10-7-11(10)15-12-6-8(2)13-9(3)14-12/h6,10-11H,4-5,7H2,1-3H3,(H,13,14,15). The fourth-order valence-electron chi connectivity index (χ4n) is 2.10. The van der Waals surface area contributed by atoms with Crippen molar-refractivity contribution in [3.05, 3.63) is 17.6 Å². The molecule has 1 heterocycles. The Labute approximate surface area is 91.3 Å². The fraction of sp³-hybridized carbons (Fsp3) is 0.667. The van der Waals surface area contributed by atoms with Crippen LogP contribution in [-0.4, -0.2) is 16.0 Å². The number of aryl methyl sites for hydroxylation is 2. The van der Waals surface area contributed by atoms with E-state index in [4.69, 9.17) is 0 Å². The molecule has 15 heavy (non-hydrogen) atoms. The number of hydrogen-bond donors (Lipinski definition) is 1. The van der Waals surface area contributed by atoms with E-state index < -0.39 is 0 Å². The van der Waals surface area contributed by atoms with E-state index in [0.717, 1.165) is 23.3 Å². The third kappa shape index (κ3) is 2.67. The van der Waals surface area contributed by atoms with Gasteiger partial charge >= 0.3 is 0 Å². The van der Waals surface area contributed by atoms with E-state index in [9.17, 15) is 0 Å². The predicted molar refractivity (Wildman–Crippen MR) is 61.9 cm³/mol. The molecule has 1 aliphatic rings. The second-order valence-corrected chi connectivity index (χ2v) is 4.48. The molecule has 2 unspecified atom stereocenters. The molecule has 0 aliphatic heterocycles. The van der Waals surface area contributed by atoms with Crippen LogP contribution < -0.4 is 5.32 Å². The Kier molecular flexibility index (Phi) is 2.89. The Bertz CT molecular complexity index is 328. The van der Waals surface area contributed by atoms with Crippen molar-refractivity contribution in [1.29, 1.82) is 0 Å². The highest BCUT2D eigenvalue weighted by Gasteiger charge is 2.36. The Morgan fingerprint density at radius 1 is 1.40 bits per heavy atom. The van der Waals surface area contributed by atoms with Gasteiger partial charge in [0.25, 0.3) is 0 Å². The summed E-state index contributed by atoms with van der Waals surface area (Å²) >= 11 is 0. The molecule has 1 N–H and O–H groups in total. The van der Waals surface area contributed by atoms with Gasteiger partial charge in [0.2, 0.25) is 0 Å².